The lowest BCUT2D eigenvalue weighted by Crippen LogP contribution is -2.46. The van der Waals surface area contributed by atoms with Crippen LogP contribution in [0, 0.1) is 0 Å². The molecular weight excluding hydrogens is 417 g/mol. The molecular formula is C24H29Cl2N3O. The molecule has 160 valence electrons. The van der Waals surface area contributed by atoms with Crippen molar-refractivity contribution >= 4 is 29.1 Å². The van der Waals surface area contributed by atoms with Gasteiger partial charge >= 0.3 is 0 Å². The zero-order chi connectivity index (χ0) is 21.3. The van der Waals surface area contributed by atoms with Gasteiger partial charge in [-0.2, -0.15) is 0 Å². The van der Waals surface area contributed by atoms with Crippen LogP contribution in [0.15, 0.2) is 36.4 Å². The molecule has 0 atom stereocenters. The summed E-state index contributed by atoms with van der Waals surface area (Å²) in [5.74, 6) is 0.170. The smallest absolute Gasteiger partial charge is 0.254 e. The molecule has 0 unspecified atom stereocenters. The first-order valence-electron chi connectivity index (χ1n) is 10.6. The molecule has 2 heterocycles. The Kier molecular flexibility index (Phi) is 6.40. The summed E-state index contributed by atoms with van der Waals surface area (Å²) in [6.07, 6.45) is 1.93. The van der Waals surface area contributed by atoms with Crippen molar-refractivity contribution in [1.82, 2.24) is 15.1 Å². The molecule has 0 bridgehead atoms. The third-order valence-corrected chi connectivity index (χ3v) is 7.22. The van der Waals surface area contributed by atoms with Crippen LogP contribution in [0.3, 0.4) is 0 Å². The second kappa shape index (κ2) is 8.88. The molecule has 0 aliphatic carbocycles. The Morgan fingerprint density at radius 1 is 1.07 bits per heavy atom. The minimum atomic E-state index is 0.000490. The maximum Gasteiger partial charge on any atom is 0.254 e. The van der Waals surface area contributed by atoms with E-state index in [1.807, 2.05) is 35.2 Å². The van der Waals surface area contributed by atoms with Crippen LogP contribution in [0.5, 0.6) is 0 Å². The van der Waals surface area contributed by atoms with E-state index in [1.165, 1.54) is 16.7 Å². The van der Waals surface area contributed by atoms with E-state index in [9.17, 15) is 4.79 Å². The molecule has 1 fully saturated rings. The molecule has 2 aromatic rings. The van der Waals surface area contributed by atoms with Crippen LogP contribution in [0.4, 0.5) is 0 Å². The number of nitrogens with zero attached hydrogens (tertiary/aromatic N) is 2. The number of halogens is 2. The zero-order valence-electron chi connectivity index (χ0n) is 17.7. The molecule has 1 N–H and O–H groups in total. The van der Waals surface area contributed by atoms with Crippen molar-refractivity contribution < 1.29 is 4.79 Å². The number of fused-ring (bicyclic) bond motifs is 1. The third kappa shape index (κ3) is 4.52. The highest BCUT2D eigenvalue weighted by Gasteiger charge is 2.34. The Labute approximate surface area is 189 Å². The Morgan fingerprint density at radius 2 is 1.83 bits per heavy atom. The van der Waals surface area contributed by atoms with Crippen molar-refractivity contribution in [3.8, 4) is 0 Å². The van der Waals surface area contributed by atoms with E-state index in [0.717, 1.165) is 57.7 Å². The molecule has 30 heavy (non-hydrogen) atoms. The average Bonchev–Trinajstić information content (AvgIpc) is 3.20. The van der Waals surface area contributed by atoms with Crippen molar-refractivity contribution in [3.05, 3.63) is 68.7 Å². The number of aryl methyl sites for hydroxylation is 1. The maximum atomic E-state index is 13.1. The molecule has 0 spiro atoms. The Morgan fingerprint density at radius 3 is 2.57 bits per heavy atom. The standard InChI is InChI=1S/C24H29Cl2N3O/c1-24(2,9-8-17-6-7-21(25)22(26)14-17)29-15-18-4-3-5-19(20(18)16-29)23(30)28-12-10-27-11-13-28/h3-7,14,27H,8-13,15-16H2,1-2H3. The van der Waals surface area contributed by atoms with Crippen molar-refractivity contribution in [2.45, 2.75) is 45.3 Å². The number of carbonyl (C=O) groups is 1. The number of amides is 1. The van der Waals surface area contributed by atoms with E-state index in [1.54, 1.807) is 0 Å². The van der Waals surface area contributed by atoms with Gasteiger partial charge in [0.15, 0.2) is 0 Å². The molecule has 0 radical (unpaired) electrons. The summed E-state index contributed by atoms with van der Waals surface area (Å²) in [5.41, 5.74) is 4.55. The van der Waals surface area contributed by atoms with Crippen molar-refractivity contribution in [1.29, 1.82) is 0 Å². The van der Waals surface area contributed by atoms with E-state index < -0.39 is 0 Å². The van der Waals surface area contributed by atoms with Crippen LogP contribution in [0.25, 0.3) is 0 Å². The molecule has 1 saturated heterocycles. The number of hydrogen-bond donors (Lipinski definition) is 1. The van der Waals surface area contributed by atoms with Crippen molar-refractivity contribution in [3.63, 3.8) is 0 Å². The first kappa shape index (κ1) is 21.6. The summed E-state index contributed by atoms with van der Waals surface area (Å²) in [7, 11) is 0. The second-order valence-electron chi connectivity index (χ2n) is 8.90. The Hall–Kier alpha value is -1.59. The van der Waals surface area contributed by atoms with Crippen molar-refractivity contribution in [2.24, 2.45) is 0 Å². The van der Waals surface area contributed by atoms with E-state index in [0.29, 0.717) is 10.0 Å². The fourth-order valence-corrected chi connectivity index (χ4v) is 4.71. The number of piperazine rings is 1. The number of benzene rings is 2. The third-order valence-electron chi connectivity index (χ3n) is 6.48. The summed E-state index contributed by atoms with van der Waals surface area (Å²) >= 11 is 12.2. The first-order chi connectivity index (χ1) is 14.3. The first-order valence-corrected chi connectivity index (χ1v) is 11.4. The second-order valence-corrected chi connectivity index (χ2v) is 9.72. The van der Waals surface area contributed by atoms with Gasteiger partial charge in [0, 0.05) is 50.4 Å². The highest BCUT2D eigenvalue weighted by Crippen LogP contribution is 2.34. The molecule has 2 aromatic carbocycles. The van der Waals surface area contributed by atoms with Gasteiger partial charge in [0.1, 0.15) is 0 Å². The van der Waals surface area contributed by atoms with Crippen LogP contribution in [-0.2, 0) is 19.5 Å². The van der Waals surface area contributed by atoms with Crippen LogP contribution >= 0.6 is 23.2 Å². The number of nitrogens with one attached hydrogen (secondary N) is 1. The summed E-state index contributed by atoms with van der Waals surface area (Å²) in [4.78, 5) is 17.6. The molecule has 2 aliphatic heterocycles. The SMILES string of the molecule is CC(C)(CCc1ccc(Cl)c(Cl)c1)N1Cc2cccc(C(=O)N3CCNCC3)c2C1. The van der Waals surface area contributed by atoms with Gasteiger partial charge in [0.05, 0.1) is 10.0 Å². The molecule has 6 heteroatoms. The van der Waals surface area contributed by atoms with Gasteiger partial charge in [-0.05, 0) is 61.6 Å². The van der Waals surface area contributed by atoms with Gasteiger partial charge < -0.3 is 10.2 Å². The molecule has 2 aliphatic rings. The molecule has 1 amide bonds. The molecule has 4 nitrogen and oxygen atoms in total. The monoisotopic (exact) mass is 445 g/mol. The predicted octanol–water partition coefficient (Wildman–Crippen LogP) is 4.77. The summed E-state index contributed by atoms with van der Waals surface area (Å²) < 4.78 is 0. The van der Waals surface area contributed by atoms with Crippen LogP contribution in [0.1, 0.15) is 47.3 Å². The minimum absolute atomic E-state index is 0.000490. The Balaban J connectivity index is 1.46. The van der Waals surface area contributed by atoms with Crippen molar-refractivity contribution in [2.75, 3.05) is 26.2 Å². The maximum absolute atomic E-state index is 13.1. The summed E-state index contributed by atoms with van der Waals surface area (Å²) in [6, 6.07) is 12.1. The van der Waals surface area contributed by atoms with Crippen LogP contribution in [-0.4, -0.2) is 47.4 Å². The molecule has 4 rings (SSSR count). The highest BCUT2D eigenvalue weighted by atomic mass is 35.5. The van der Waals surface area contributed by atoms with Gasteiger partial charge in [0.25, 0.3) is 5.91 Å². The number of rotatable bonds is 5. The Bertz CT molecular complexity index is 938. The van der Waals surface area contributed by atoms with E-state index in [2.05, 4.69) is 30.1 Å². The van der Waals surface area contributed by atoms with Gasteiger partial charge in [0.2, 0.25) is 0 Å². The lowest BCUT2D eigenvalue weighted by molar-refractivity contribution is 0.0731. The van der Waals surface area contributed by atoms with E-state index >= 15 is 0 Å². The normalized spacial score (nSPS) is 17.3. The van der Waals surface area contributed by atoms with Gasteiger partial charge in [-0.1, -0.05) is 41.4 Å². The minimum Gasteiger partial charge on any atom is -0.336 e. The number of carbonyl (C=O) groups excluding carboxylic acids is 1. The van der Waals surface area contributed by atoms with Crippen LogP contribution < -0.4 is 5.32 Å². The van der Waals surface area contributed by atoms with Gasteiger partial charge in [-0.15, -0.1) is 0 Å². The summed E-state index contributed by atoms with van der Waals surface area (Å²) in [5, 5.41) is 4.52. The lowest BCUT2D eigenvalue weighted by Gasteiger charge is -2.36. The number of hydrogen-bond acceptors (Lipinski definition) is 3. The van der Waals surface area contributed by atoms with Gasteiger partial charge in [-0.3, -0.25) is 9.69 Å². The van der Waals surface area contributed by atoms with Gasteiger partial charge in [-0.25, -0.2) is 0 Å². The fraction of sp³-hybridized carbons (Fsp3) is 0.458. The lowest BCUT2D eigenvalue weighted by atomic mass is 9.93. The average molecular weight is 446 g/mol. The molecule has 0 saturated carbocycles. The highest BCUT2D eigenvalue weighted by molar-refractivity contribution is 6.42. The fourth-order valence-electron chi connectivity index (χ4n) is 4.39. The molecule has 0 aromatic heterocycles. The quantitative estimate of drug-likeness (QED) is 0.719. The predicted molar refractivity (Wildman–Crippen MR) is 123 cm³/mol. The largest absolute Gasteiger partial charge is 0.336 e. The topological polar surface area (TPSA) is 35.6 Å². The van der Waals surface area contributed by atoms with E-state index in [4.69, 9.17) is 23.2 Å². The van der Waals surface area contributed by atoms with E-state index in [-0.39, 0.29) is 11.4 Å². The summed E-state index contributed by atoms with van der Waals surface area (Å²) in [6.45, 7) is 9.57. The van der Waals surface area contributed by atoms with Crippen LogP contribution in [0.2, 0.25) is 10.0 Å². The zero-order valence-corrected chi connectivity index (χ0v) is 19.2.